The summed E-state index contributed by atoms with van der Waals surface area (Å²) in [6.45, 7) is 6.00. The normalized spacial score (nSPS) is 18.8. The first-order valence-corrected chi connectivity index (χ1v) is 21.4. The SMILES string of the molecule is CCCCCCCCCCCCCCCCCCO[C@H]1[C@@H]([C@@H](CO)OCCCCCCCCCCCCCCCCCC)OC[C@@H]1O. The van der Waals surface area contributed by atoms with Crippen molar-refractivity contribution in [1.82, 2.24) is 0 Å². The van der Waals surface area contributed by atoms with Gasteiger partial charge in [0.15, 0.2) is 0 Å². The fourth-order valence-corrected chi connectivity index (χ4v) is 7.15. The average molecular weight is 669 g/mol. The maximum atomic E-state index is 10.5. The first-order chi connectivity index (χ1) is 23.2. The van der Waals surface area contributed by atoms with Crippen LogP contribution in [0, 0.1) is 0 Å². The summed E-state index contributed by atoms with van der Waals surface area (Å²) in [5.74, 6) is 0. The number of aliphatic hydroxyl groups excluding tert-OH is 2. The van der Waals surface area contributed by atoms with Gasteiger partial charge in [0.25, 0.3) is 0 Å². The lowest BCUT2D eigenvalue weighted by Gasteiger charge is -2.27. The topological polar surface area (TPSA) is 68.2 Å². The summed E-state index contributed by atoms with van der Waals surface area (Å²) in [7, 11) is 0. The number of aliphatic hydroxyl groups is 2. The molecule has 0 aromatic rings. The van der Waals surface area contributed by atoms with Gasteiger partial charge >= 0.3 is 0 Å². The molecule has 0 bridgehead atoms. The standard InChI is InChI=1S/C42H84O5/c1-3-5-7-9-11-13-15-17-19-21-23-25-27-29-31-33-35-45-40(37-43)42-41(39(44)38-47-42)46-36-34-32-30-28-26-24-22-20-18-16-14-12-10-8-6-4-2/h39-44H,3-38H2,1-2H3/t39-,40+,41+,42+/m0/s1. The summed E-state index contributed by atoms with van der Waals surface area (Å²) in [5.41, 5.74) is 0. The molecule has 1 aliphatic rings. The maximum Gasteiger partial charge on any atom is 0.115 e. The fraction of sp³-hybridized carbons (Fsp3) is 1.00. The molecule has 282 valence electrons. The number of rotatable bonds is 38. The van der Waals surface area contributed by atoms with Gasteiger partial charge in [0.05, 0.1) is 13.2 Å². The largest absolute Gasteiger partial charge is 0.394 e. The Morgan fingerprint density at radius 3 is 1.15 bits per heavy atom. The van der Waals surface area contributed by atoms with Gasteiger partial charge in [-0.05, 0) is 12.8 Å². The van der Waals surface area contributed by atoms with E-state index in [-0.39, 0.29) is 13.2 Å². The smallest absolute Gasteiger partial charge is 0.115 e. The minimum Gasteiger partial charge on any atom is -0.394 e. The highest BCUT2D eigenvalue weighted by Gasteiger charge is 2.42. The molecule has 0 unspecified atom stereocenters. The third-order valence-corrected chi connectivity index (χ3v) is 10.3. The Labute approximate surface area is 294 Å². The first kappa shape index (κ1) is 44.8. The molecule has 47 heavy (non-hydrogen) atoms. The van der Waals surface area contributed by atoms with Gasteiger partial charge in [-0.1, -0.05) is 206 Å². The Balaban J connectivity index is 1.95. The molecule has 0 radical (unpaired) electrons. The molecule has 0 aliphatic carbocycles. The molecule has 1 heterocycles. The van der Waals surface area contributed by atoms with Crippen LogP contribution in [0.15, 0.2) is 0 Å². The molecule has 1 fully saturated rings. The fourth-order valence-electron chi connectivity index (χ4n) is 7.15. The summed E-state index contributed by atoms with van der Waals surface area (Å²) >= 11 is 0. The van der Waals surface area contributed by atoms with E-state index in [4.69, 9.17) is 14.2 Å². The summed E-state index contributed by atoms with van der Waals surface area (Å²) in [6.07, 6.45) is 41.4. The number of ether oxygens (including phenoxy) is 3. The van der Waals surface area contributed by atoms with Crippen LogP contribution < -0.4 is 0 Å². The lowest BCUT2D eigenvalue weighted by atomic mass is 10.0. The molecule has 0 saturated carbocycles. The third kappa shape index (κ3) is 27.2. The Hall–Kier alpha value is -0.200. The van der Waals surface area contributed by atoms with E-state index in [0.717, 1.165) is 12.8 Å². The zero-order valence-corrected chi connectivity index (χ0v) is 31.9. The monoisotopic (exact) mass is 669 g/mol. The van der Waals surface area contributed by atoms with Gasteiger partial charge < -0.3 is 24.4 Å². The van der Waals surface area contributed by atoms with Crippen molar-refractivity contribution in [2.75, 3.05) is 26.4 Å². The van der Waals surface area contributed by atoms with E-state index in [1.807, 2.05) is 0 Å². The lowest BCUT2D eigenvalue weighted by Crippen LogP contribution is -2.44. The molecular formula is C42H84O5. The Kier molecular flexibility index (Phi) is 34.0. The molecule has 4 atom stereocenters. The van der Waals surface area contributed by atoms with Crippen LogP contribution in [0.3, 0.4) is 0 Å². The molecule has 0 spiro atoms. The zero-order valence-electron chi connectivity index (χ0n) is 31.9. The number of hydrogen-bond donors (Lipinski definition) is 2. The molecule has 2 N–H and O–H groups in total. The van der Waals surface area contributed by atoms with Crippen LogP contribution in [-0.2, 0) is 14.2 Å². The molecule has 0 amide bonds. The summed E-state index contributed by atoms with van der Waals surface area (Å²) in [5, 5.41) is 20.5. The van der Waals surface area contributed by atoms with Crippen LogP contribution in [0.1, 0.15) is 219 Å². The van der Waals surface area contributed by atoms with Crippen molar-refractivity contribution in [3.63, 3.8) is 0 Å². The Morgan fingerprint density at radius 2 is 0.809 bits per heavy atom. The minimum atomic E-state index is -0.644. The van der Waals surface area contributed by atoms with Crippen molar-refractivity contribution in [3.05, 3.63) is 0 Å². The van der Waals surface area contributed by atoms with E-state index in [9.17, 15) is 10.2 Å². The van der Waals surface area contributed by atoms with Gasteiger partial charge in [0, 0.05) is 13.2 Å². The van der Waals surface area contributed by atoms with Crippen LogP contribution in [0.4, 0.5) is 0 Å². The molecule has 1 saturated heterocycles. The molecule has 0 aromatic heterocycles. The average Bonchev–Trinajstić information content (AvgIpc) is 3.45. The maximum absolute atomic E-state index is 10.5. The van der Waals surface area contributed by atoms with Crippen LogP contribution in [0.5, 0.6) is 0 Å². The predicted octanol–water partition coefficient (Wildman–Crippen LogP) is 12.0. The van der Waals surface area contributed by atoms with Gasteiger partial charge in [0.2, 0.25) is 0 Å². The minimum absolute atomic E-state index is 0.102. The summed E-state index contributed by atoms with van der Waals surface area (Å²) in [4.78, 5) is 0. The second-order valence-corrected chi connectivity index (χ2v) is 14.9. The highest BCUT2D eigenvalue weighted by atomic mass is 16.6. The summed E-state index contributed by atoms with van der Waals surface area (Å²) in [6, 6.07) is 0. The zero-order chi connectivity index (χ0) is 33.9. The van der Waals surface area contributed by atoms with E-state index in [0.29, 0.717) is 13.2 Å². The van der Waals surface area contributed by atoms with E-state index >= 15 is 0 Å². The van der Waals surface area contributed by atoms with Crippen molar-refractivity contribution in [3.8, 4) is 0 Å². The second kappa shape index (κ2) is 35.6. The second-order valence-electron chi connectivity index (χ2n) is 14.9. The van der Waals surface area contributed by atoms with Crippen LogP contribution in [-0.4, -0.2) is 61.1 Å². The number of hydrogen-bond acceptors (Lipinski definition) is 5. The van der Waals surface area contributed by atoms with Crippen LogP contribution in [0.2, 0.25) is 0 Å². The molecule has 1 aliphatic heterocycles. The van der Waals surface area contributed by atoms with Crippen molar-refractivity contribution in [2.45, 2.75) is 244 Å². The van der Waals surface area contributed by atoms with E-state index in [1.165, 1.54) is 193 Å². The third-order valence-electron chi connectivity index (χ3n) is 10.3. The molecular weight excluding hydrogens is 584 g/mol. The van der Waals surface area contributed by atoms with Gasteiger partial charge in [0.1, 0.15) is 24.4 Å². The van der Waals surface area contributed by atoms with Gasteiger partial charge in [-0.2, -0.15) is 0 Å². The van der Waals surface area contributed by atoms with E-state index in [2.05, 4.69) is 13.8 Å². The van der Waals surface area contributed by atoms with Crippen LogP contribution >= 0.6 is 0 Å². The molecule has 1 rings (SSSR count). The molecule has 5 heteroatoms. The quantitative estimate of drug-likeness (QED) is 0.0641. The first-order valence-electron chi connectivity index (χ1n) is 21.4. The van der Waals surface area contributed by atoms with Crippen molar-refractivity contribution in [2.24, 2.45) is 0 Å². The van der Waals surface area contributed by atoms with Crippen molar-refractivity contribution < 1.29 is 24.4 Å². The highest BCUT2D eigenvalue weighted by Crippen LogP contribution is 2.24. The molecule has 5 nitrogen and oxygen atoms in total. The van der Waals surface area contributed by atoms with E-state index < -0.39 is 24.4 Å². The lowest BCUT2D eigenvalue weighted by molar-refractivity contribution is -0.118. The Morgan fingerprint density at radius 1 is 0.489 bits per heavy atom. The predicted molar refractivity (Wildman–Crippen MR) is 201 cm³/mol. The van der Waals surface area contributed by atoms with Crippen molar-refractivity contribution in [1.29, 1.82) is 0 Å². The van der Waals surface area contributed by atoms with Crippen LogP contribution in [0.25, 0.3) is 0 Å². The summed E-state index contributed by atoms with van der Waals surface area (Å²) < 4.78 is 18.0. The van der Waals surface area contributed by atoms with Crippen molar-refractivity contribution >= 4 is 0 Å². The van der Waals surface area contributed by atoms with E-state index in [1.54, 1.807) is 0 Å². The van der Waals surface area contributed by atoms with Gasteiger partial charge in [-0.3, -0.25) is 0 Å². The highest BCUT2D eigenvalue weighted by molar-refractivity contribution is 4.90. The van der Waals surface area contributed by atoms with Gasteiger partial charge in [-0.15, -0.1) is 0 Å². The molecule has 0 aromatic carbocycles. The number of unbranched alkanes of at least 4 members (excludes halogenated alkanes) is 30. The van der Waals surface area contributed by atoms with Gasteiger partial charge in [-0.25, -0.2) is 0 Å². The Bertz CT molecular complexity index is 602.